The molecule has 0 saturated heterocycles. The van der Waals surface area contributed by atoms with E-state index >= 15 is 0 Å². The quantitative estimate of drug-likeness (QED) is 0.700. The van der Waals surface area contributed by atoms with Gasteiger partial charge in [0.15, 0.2) is 0 Å². The number of primary amides is 1. The van der Waals surface area contributed by atoms with Crippen LogP contribution < -0.4 is 5.73 Å². The highest BCUT2D eigenvalue weighted by atomic mass is 35.5. The lowest BCUT2D eigenvalue weighted by atomic mass is 10.1. The monoisotopic (exact) mass is 184 g/mol. The van der Waals surface area contributed by atoms with Crippen LogP contribution in [0.25, 0.3) is 0 Å². The predicted octanol–water partition coefficient (Wildman–Crippen LogP) is 1.07. The molecule has 0 aliphatic heterocycles. The lowest BCUT2D eigenvalue weighted by molar-refractivity contribution is -0.117. The molecule has 1 amide bonds. The molecule has 12 heavy (non-hydrogen) atoms. The van der Waals surface area contributed by atoms with Crippen molar-refractivity contribution in [2.24, 2.45) is 5.73 Å². The molecule has 0 fully saturated rings. The molecule has 1 aromatic heterocycles. The third-order valence-electron chi connectivity index (χ3n) is 1.59. The SMILES string of the molecule is Cc1ccnc(Cl)c1CC(N)=O. The summed E-state index contributed by atoms with van der Waals surface area (Å²) in [6.07, 6.45) is 1.75. The van der Waals surface area contributed by atoms with Gasteiger partial charge in [0.1, 0.15) is 5.15 Å². The second kappa shape index (κ2) is 3.54. The van der Waals surface area contributed by atoms with E-state index in [4.69, 9.17) is 17.3 Å². The molecule has 0 aliphatic carbocycles. The summed E-state index contributed by atoms with van der Waals surface area (Å²) in [7, 11) is 0. The molecule has 3 nitrogen and oxygen atoms in total. The van der Waals surface area contributed by atoms with E-state index in [1.807, 2.05) is 6.92 Å². The van der Waals surface area contributed by atoms with Gasteiger partial charge >= 0.3 is 0 Å². The molecule has 1 rings (SSSR count). The number of halogens is 1. The Morgan fingerprint density at radius 1 is 1.75 bits per heavy atom. The molecule has 64 valence electrons. The number of hydrogen-bond donors (Lipinski definition) is 1. The van der Waals surface area contributed by atoms with Crippen molar-refractivity contribution in [3.05, 3.63) is 28.5 Å². The lowest BCUT2D eigenvalue weighted by Gasteiger charge is -2.03. The summed E-state index contributed by atoms with van der Waals surface area (Å²) in [5.41, 5.74) is 6.69. The van der Waals surface area contributed by atoms with E-state index in [1.165, 1.54) is 0 Å². The fraction of sp³-hybridized carbons (Fsp3) is 0.250. The van der Waals surface area contributed by atoms with Gasteiger partial charge < -0.3 is 5.73 Å². The Bertz CT molecular complexity index is 292. The minimum absolute atomic E-state index is 0.151. The topological polar surface area (TPSA) is 56.0 Å². The van der Waals surface area contributed by atoms with E-state index in [2.05, 4.69) is 4.98 Å². The number of carbonyl (C=O) groups excluding carboxylic acids is 1. The maximum Gasteiger partial charge on any atom is 0.221 e. The summed E-state index contributed by atoms with van der Waals surface area (Å²) in [5.74, 6) is -0.395. The number of carbonyl (C=O) groups is 1. The number of aromatic nitrogens is 1. The van der Waals surface area contributed by atoms with Crippen LogP contribution in [-0.4, -0.2) is 10.9 Å². The molecule has 0 spiro atoms. The normalized spacial score (nSPS) is 9.83. The molecule has 0 saturated carbocycles. The van der Waals surface area contributed by atoms with E-state index in [0.29, 0.717) is 10.7 Å². The first-order valence-electron chi connectivity index (χ1n) is 3.49. The van der Waals surface area contributed by atoms with Crippen LogP contribution in [0.15, 0.2) is 12.3 Å². The number of aryl methyl sites for hydroxylation is 1. The molecule has 4 heteroatoms. The van der Waals surface area contributed by atoms with Gasteiger partial charge in [-0.3, -0.25) is 4.79 Å². The van der Waals surface area contributed by atoms with E-state index in [0.717, 1.165) is 5.56 Å². The second-order valence-corrected chi connectivity index (χ2v) is 2.90. The first kappa shape index (κ1) is 9.00. The molecule has 0 radical (unpaired) electrons. The second-order valence-electron chi connectivity index (χ2n) is 2.54. The van der Waals surface area contributed by atoms with Crippen molar-refractivity contribution in [3.63, 3.8) is 0 Å². The van der Waals surface area contributed by atoms with Crippen LogP contribution >= 0.6 is 11.6 Å². The zero-order valence-electron chi connectivity index (χ0n) is 6.67. The number of pyridine rings is 1. The van der Waals surface area contributed by atoms with Gasteiger partial charge in [0.2, 0.25) is 5.91 Å². The summed E-state index contributed by atoms with van der Waals surface area (Å²) in [6, 6.07) is 1.80. The van der Waals surface area contributed by atoms with Crippen molar-refractivity contribution in [1.82, 2.24) is 4.98 Å². The summed E-state index contributed by atoms with van der Waals surface area (Å²) in [5, 5.41) is 0.355. The highest BCUT2D eigenvalue weighted by Gasteiger charge is 2.07. The molecule has 1 heterocycles. The highest BCUT2D eigenvalue weighted by Crippen LogP contribution is 2.16. The van der Waals surface area contributed by atoms with E-state index in [9.17, 15) is 4.79 Å². The summed E-state index contributed by atoms with van der Waals surface area (Å²) in [6.45, 7) is 1.87. The van der Waals surface area contributed by atoms with Crippen LogP contribution in [0.4, 0.5) is 0 Å². The molecular weight excluding hydrogens is 176 g/mol. The van der Waals surface area contributed by atoms with Crippen molar-refractivity contribution in [2.45, 2.75) is 13.3 Å². The average Bonchev–Trinajstić information content (AvgIpc) is 1.97. The number of rotatable bonds is 2. The third kappa shape index (κ3) is 1.95. The molecule has 0 bridgehead atoms. The Labute approximate surface area is 75.6 Å². The van der Waals surface area contributed by atoms with Crippen molar-refractivity contribution >= 4 is 17.5 Å². The summed E-state index contributed by atoms with van der Waals surface area (Å²) >= 11 is 5.75. The molecule has 0 atom stereocenters. The Hall–Kier alpha value is -1.09. The van der Waals surface area contributed by atoms with Crippen molar-refractivity contribution in [1.29, 1.82) is 0 Å². The largest absolute Gasteiger partial charge is 0.369 e. The Balaban J connectivity index is 3.04. The molecule has 0 aromatic carbocycles. The lowest BCUT2D eigenvalue weighted by Crippen LogP contribution is -2.15. The first-order chi connectivity index (χ1) is 5.61. The average molecular weight is 185 g/mol. The van der Waals surface area contributed by atoms with Crippen molar-refractivity contribution in [3.8, 4) is 0 Å². The van der Waals surface area contributed by atoms with E-state index < -0.39 is 5.91 Å². The van der Waals surface area contributed by atoms with Gasteiger partial charge in [-0.2, -0.15) is 0 Å². The van der Waals surface area contributed by atoms with Crippen LogP contribution in [0.5, 0.6) is 0 Å². The maximum absolute atomic E-state index is 10.6. The number of nitrogens with two attached hydrogens (primary N) is 1. The van der Waals surface area contributed by atoms with E-state index in [-0.39, 0.29) is 6.42 Å². The minimum Gasteiger partial charge on any atom is -0.369 e. The Morgan fingerprint density at radius 3 is 2.92 bits per heavy atom. The van der Waals surface area contributed by atoms with Gasteiger partial charge in [-0.05, 0) is 18.6 Å². The minimum atomic E-state index is -0.395. The first-order valence-corrected chi connectivity index (χ1v) is 3.87. The zero-order valence-corrected chi connectivity index (χ0v) is 7.43. The molecule has 0 unspecified atom stereocenters. The predicted molar refractivity (Wildman–Crippen MR) is 46.9 cm³/mol. The smallest absolute Gasteiger partial charge is 0.221 e. The van der Waals surface area contributed by atoms with Crippen LogP contribution in [0.2, 0.25) is 5.15 Å². The third-order valence-corrected chi connectivity index (χ3v) is 1.91. The number of hydrogen-bond acceptors (Lipinski definition) is 2. The highest BCUT2D eigenvalue weighted by molar-refractivity contribution is 6.30. The number of nitrogens with zero attached hydrogens (tertiary/aromatic N) is 1. The van der Waals surface area contributed by atoms with Gasteiger partial charge in [-0.15, -0.1) is 0 Å². The van der Waals surface area contributed by atoms with Crippen molar-refractivity contribution < 1.29 is 4.79 Å². The van der Waals surface area contributed by atoms with Crippen LogP contribution in [0.3, 0.4) is 0 Å². The van der Waals surface area contributed by atoms with Gasteiger partial charge in [-0.25, -0.2) is 4.98 Å². The maximum atomic E-state index is 10.6. The zero-order chi connectivity index (χ0) is 9.14. The van der Waals surface area contributed by atoms with Gasteiger partial charge in [-0.1, -0.05) is 11.6 Å². The van der Waals surface area contributed by atoms with E-state index in [1.54, 1.807) is 12.3 Å². The number of amides is 1. The van der Waals surface area contributed by atoms with Gasteiger partial charge in [0, 0.05) is 11.8 Å². The molecule has 1 aromatic rings. The van der Waals surface area contributed by atoms with Gasteiger partial charge in [0.25, 0.3) is 0 Å². The standard InChI is InChI=1S/C8H9ClN2O/c1-5-2-3-11-8(9)6(5)4-7(10)12/h2-3H,4H2,1H3,(H2,10,12). The fourth-order valence-electron chi connectivity index (χ4n) is 0.942. The Kier molecular flexibility index (Phi) is 2.65. The fourth-order valence-corrected chi connectivity index (χ4v) is 1.21. The van der Waals surface area contributed by atoms with Crippen LogP contribution in [-0.2, 0) is 11.2 Å². The van der Waals surface area contributed by atoms with Crippen LogP contribution in [0.1, 0.15) is 11.1 Å². The summed E-state index contributed by atoms with van der Waals surface area (Å²) < 4.78 is 0. The van der Waals surface area contributed by atoms with Gasteiger partial charge in [0.05, 0.1) is 6.42 Å². The van der Waals surface area contributed by atoms with Crippen LogP contribution in [0, 0.1) is 6.92 Å². The van der Waals surface area contributed by atoms with Crippen molar-refractivity contribution in [2.75, 3.05) is 0 Å². The molecule has 2 N–H and O–H groups in total. The molecule has 0 aliphatic rings. The molecular formula is C8H9ClN2O. The summed E-state index contributed by atoms with van der Waals surface area (Å²) in [4.78, 5) is 14.5. The Morgan fingerprint density at radius 2 is 2.42 bits per heavy atom.